The van der Waals surface area contributed by atoms with Crippen LogP contribution in [0.2, 0.25) is 0 Å². The fourth-order valence-electron chi connectivity index (χ4n) is 6.61. The Morgan fingerprint density at radius 2 is 1.57 bits per heavy atom. The first kappa shape index (κ1) is 30.5. The number of benzene rings is 1. The minimum Gasteiger partial charge on any atom is -0.506 e. The van der Waals surface area contributed by atoms with Crippen molar-refractivity contribution in [3.63, 3.8) is 0 Å². The van der Waals surface area contributed by atoms with E-state index in [1.807, 2.05) is 11.0 Å². The minimum atomic E-state index is -0.229. The number of thiol groups is 1. The van der Waals surface area contributed by atoms with Gasteiger partial charge < -0.3 is 19.9 Å². The van der Waals surface area contributed by atoms with Gasteiger partial charge in [0, 0.05) is 73.5 Å². The summed E-state index contributed by atoms with van der Waals surface area (Å²) in [5.74, 6) is 0.279. The van der Waals surface area contributed by atoms with Gasteiger partial charge in [-0.25, -0.2) is 0 Å². The molecule has 3 heterocycles. The van der Waals surface area contributed by atoms with Crippen LogP contribution in [0.25, 0.3) is 10.9 Å². The average molecular weight is 596 g/mol. The van der Waals surface area contributed by atoms with Gasteiger partial charge in [0.05, 0.1) is 5.52 Å². The molecule has 0 bridgehead atoms. The number of carbonyl (C=O) groups is 3. The van der Waals surface area contributed by atoms with Gasteiger partial charge in [-0.3, -0.25) is 19.3 Å². The molecule has 0 radical (unpaired) electrons. The Balaban J connectivity index is 1.25. The summed E-state index contributed by atoms with van der Waals surface area (Å²) in [6.45, 7) is 16.6. The summed E-state index contributed by atoms with van der Waals surface area (Å²) in [4.78, 5) is 46.6. The number of nitrogens with one attached hydrogen (secondary N) is 1. The smallest absolute Gasteiger partial charge is 0.253 e. The molecule has 2 N–H and O–H groups in total. The summed E-state index contributed by atoms with van der Waals surface area (Å²) in [5.41, 5.74) is 3.28. The number of aromatic nitrogens is 1. The number of aromatic amines is 1. The van der Waals surface area contributed by atoms with Gasteiger partial charge >= 0.3 is 0 Å². The molecule has 0 atom stereocenters. The molecule has 0 unspecified atom stereocenters. The summed E-state index contributed by atoms with van der Waals surface area (Å²) < 4.78 is 0.0983. The van der Waals surface area contributed by atoms with E-state index in [0.717, 1.165) is 43.3 Å². The average Bonchev–Trinajstić information content (AvgIpc) is 3.40. The highest BCUT2D eigenvalue weighted by atomic mass is 32.2. The maximum absolute atomic E-state index is 13.5. The van der Waals surface area contributed by atoms with Crippen LogP contribution >= 0.6 is 0 Å². The van der Waals surface area contributed by atoms with Crippen molar-refractivity contribution in [1.82, 2.24) is 14.8 Å². The zero-order valence-electron chi connectivity index (χ0n) is 26.0. The number of hydrogen-bond acceptors (Lipinski definition) is 5. The summed E-state index contributed by atoms with van der Waals surface area (Å²) in [6.07, 6.45) is 6.91. The first-order valence-electron chi connectivity index (χ1n) is 15.4. The number of amides is 3. The first-order valence-corrected chi connectivity index (χ1v) is 16.3. The highest BCUT2D eigenvalue weighted by Crippen LogP contribution is 2.41. The molecule has 228 valence electrons. The first-order chi connectivity index (χ1) is 19.7. The van der Waals surface area contributed by atoms with E-state index in [-0.39, 0.29) is 45.5 Å². The third kappa shape index (κ3) is 6.66. The molecular weight excluding hydrogens is 548 g/mol. The van der Waals surface area contributed by atoms with Crippen molar-refractivity contribution in [3.05, 3.63) is 29.8 Å². The lowest BCUT2D eigenvalue weighted by molar-refractivity contribution is -0.140. The Morgan fingerprint density at radius 1 is 0.952 bits per heavy atom. The van der Waals surface area contributed by atoms with Crippen LogP contribution in [0.5, 0.6) is 5.75 Å². The Kier molecular flexibility index (Phi) is 8.45. The number of rotatable bonds is 6. The maximum atomic E-state index is 13.5. The topological polar surface area (TPSA) is 97.0 Å². The van der Waals surface area contributed by atoms with E-state index in [1.165, 1.54) is 44.8 Å². The zero-order chi connectivity index (χ0) is 30.4. The van der Waals surface area contributed by atoms with Crippen molar-refractivity contribution in [3.8, 4) is 5.75 Å². The van der Waals surface area contributed by atoms with Crippen LogP contribution < -0.4 is 4.90 Å². The van der Waals surface area contributed by atoms with Crippen LogP contribution in [0.15, 0.2) is 29.3 Å². The highest BCUT2D eigenvalue weighted by molar-refractivity contribution is 7.80. The number of phenols is 1. The fraction of sp³-hybridized carbons (Fsp3) is 0.606. The molecule has 2 aliphatic heterocycles. The van der Waals surface area contributed by atoms with Gasteiger partial charge in [0.15, 0.2) is 0 Å². The molecular formula is C33H47N4O4S+. The van der Waals surface area contributed by atoms with E-state index in [9.17, 15) is 19.5 Å². The Labute approximate surface area is 253 Å². The van der Waals surface area contributed by atoms with Crippen molar-refractivity contribution < 1.29 is 19.5 Å². The second-order valence-corrected chi connectivity index (χ2v) is 16.5. The van der Waals surface area contributed by atoms with Crippen molar-refractivity contribution in [2.45, 2.75) is 83.4 Å². The minimum absolute atomic E-state index is 0.00457. The molecule has 5 rings (SSSR count). The molecule has 1 aliphatic carbocycles. The molecule has 1 saturated heterocycles. The molecule has 8 nitrogen and oxygen atoms in total. The van der Waals surface area contributed by atoms with Crippen molar-refractivity contribution in [2.24, 2.45) is 17.3 Å². The standard InChI is InChI=1S/C33H46N4O4S/c1-32(2,3)19-24-23-11-12-25(38)29(28(23)34-30(24)42-33(4,5)6)35-15-17-36(18-16-35)31(41)22-9-7-21(8-10-22)20-37-26(39)13-14-27(37)40/h11-14,21-22,34,38H,7-10,15-20H2,1-6H3/p+1. The van der Waals surface area contributed by atoms with Gasteiger partial charge in [0.25, 0.3) is 11.8 Å². The van der Waals surface area contributed by atoms with Crippen molar-refractivity contribution >= 4 is 46.1 Å². The zero-order valence-corrected chi connectivity index (χ0v) is 26.9. The quantitative estimate of drug-likeness (QED) is 0.284. The number of carbonyl (C=O) groups excluding carboxylic acids is 3. The van der Waals surface area contributed by atoms with Gasteiger partial charge in [-0.2, -0.15) is 0 Å². The van der Waals surface area contributed by atoms with E-state index in [1.54, 1.807) is 0 Å². The number of piperazine rings is 1. The predicted molar refractivity (Wildman–Crippen MR) is 170 cm³/mol. The number of nitrogens with zero attached hydrogens (tertiary/aromatic N) is 3. The second kappa shape index (κ2) is 11.6. The van der Waals surface area contributed by atoms with Crippen LogP contribution in [0.3, 0.4) is 0 Å². The van der Waals surface area contributed by atoms with Crippen LogP contribution in [0.4, 0.5) is 5.69 Å². The molecule has 1 aromatic carbocycles. The normalized spacial score (nSPS) is 22.1. The van der Waals surface area contributed by atoms with Gasteiger partial charge in [-0.1, -0.05) is 20.8 Å². The van der Waals surface area contributed by atoms with Gasteiger partial charge in [0.2, 0.25) is 10.9 Å². The van der Waals surface area contributed by atoms with E-state index in [4.69, 9.17) is 0 Å². The van der Waals surface area contributed by atoms with Crippen molar-refractivity contribution in [1.29, 1.82) is 0 Å². The van der Waals surface area contributed by atoms with Crippen LogP contribution in [0.1, 0.15) is 72.8 Å². The molecule has 3 aliphatic rings. The summed E-state index contributed by atoms with van der Waals surface area (Å²) in [5, 5.41) is 13.5. The van der Waals surface area contributed by atoms with Gasteiger partial charge in [-0.05, 0) is 76.3 Å². The SMILES string of the molecule is CC(C)(C)Cc1c([SH+]C(C)(C)C)[nH]c2c(N3CCN(C(=O)C4CCC(CN5C(=O)C=CC5=O)CC4)CC3)c(O)ccc12. The molecule has 1 aromatic heterocycles. The molecule has 2 aromatic rings. The van der Waals surface area contributed by atoms with E-state index in [2.05, 4.69) is 57.5 Å². The monoisotopic (exact) mass is 595 g/mol. The number of hydrogen-bond donors (Lipinski definition) is 2. The largest absolute Gasteiger partial charge is 0.506 e. The third-order valence-electron chi connectivity index (χ3n) is 8.61. The van der Waals surface area contributed by atoms with Crippen LogP contribution in [0, 0.1) is 17.3 Å². The lowest BCUT2D eigenvalue weighted by Crippen LogP contribution is -2.51. The number of aromatic hydroxyl groups is 1. The molecule has 1 saturated carbocycles. The summed E-state index contributed by atoms with van der Waals surface area (Å²) >= 11 is 1.23. The van der Waals surface area contributed by atoms with E-state index in [0.29, 0.717) is 32.7 Å². The Morgan fingerprint density at radius 3 is 2.14 bits per heavy atom. The Bertz CT molecular complexity index is 1370. The van der Waals surface area contributed by atoms with Crippen molar-refractivity contribution in [2.75, 3.05) is 37.6 Å². The summed E-state index contributed by atoms with van der Waals surface area (Å²) in [6, 6.07) is 3.88. The van der Waals surface area contributed by atoms with Crippen LogP contribution in [-0.4, -0.2) is 75.1 Å². The molecule has 2 fully saturated rings. The maximum Gasteiger partial charge on any atom is 0.253 e. The number of imide groups is 1. The lowest BCUT2D eigenvalue weighted by atomic mass is 9.81. The van der Waals surface area contributed by atoms with E-state index < -0.39 is 0 Å². The number of phenolic OH excluding ortho intramolecular Hbond substituents is 1. The van der Waals surface area contributed by atoms with E-state index >= 15 is 0 Å². The molecule has 0 spiro atoms. The number of anilines is 1. The molecule has 42 heavy (non-hydrogen) atoms. The highest BCUT2D eigenvalue weighted by Gasteiger charge is 2.35. The number of H-pyrrole nitrogens is 1. The second-order valence-electron chi connectivity index (χ2n) is 14.5. The third-order valence-corrected chi connectivity index (χ3v) is 9.89. The molecule has 3 amide bonds. The van der Waals surface area contributed by atoms with Crippen LogP contribution in [-0.2, 0) is 32.6 Å². The lowest BCUT2D eigenvalue weighted by Gasteiger charge is -2.39. The Hall–Kier alpha value is -2.94. The van der Waals surface area contributed by atoms with Gasteiger partial charge in [-0.15, -0.1) is 0 Å². The molecule has 9 heteroatoms. The number of fused-ring (bicyclic) bond motifs is 1. The fourth-order valence-corrected chi connectivity index (χ4v) is 7.78. The summed E-state index contributed by atoms with van der Waals surface area (Å²) in [7, 11) is 0. The van der Waals surface area contributed by atoms with Gasteiger partial charge in [0.1, 0.15) is 16.2 Å². The predicted octanol–water partition coefficient (Wildman–Crippen LogP) is 4.81.